The Kier molecular flexibility index (Phi) is 7.88. The Morgan fingerprint density at radius 3 is 2.24 bits per heavy atom. The number of amides is 3. The monoisotopic (exact) mass is 467 g/mol. The molecule has 0 fully saturated rings. The number of methoxy groups -OCH3 is 1. The Balaban J connectivity index is 1.76. The number of rotatable bonds is 7. The van der Waals surface area contributed by atoms with Gasteiger partial charge in [-0.2, -0.15) is 5.10 Å². The molecule has 3 rings (SSSR count). The normalized spacial score (nSPS) is 10.6. The molecule has 0 aliphatic carbocycles. The molecule has 0 heterocycles. The molecule has 0 unspecified atom stereocenters. The SMILES string of the molecule is COc1ccc(N(C(=O)CC(=O)N/N=C\c2ccc(Cl)cc2)C(=O)c2ccc(F)cc2)cc1. The number of hydrazone groups is 1. The van der Waals surface area contributed by atoms with Crippen LogP contribution >= 0.6 is 11.6 Å². The van der Waals surface area contributed by atoms with Crippen molar-refractivity contribution in [2.75, 3.05) is 12.0 Å². The van der Waals surface area contributed by atoms with E-state index in [1.165, 1.54) is 37.6 Å². The van der Waals surface area contributed by atoms with Gasteiger partial charge in [-0.3, -0.25) is 14.4 Å². The van der Waals surface area contributed by atoms with E-state index in [1.807, 2.05) is 0 Å². The predicted molar refractivity (Wildman–Crippen MR) is 123 cm³/mol. The van der Waals surface area contributed by atoms with E-state index < -0.39 is 30.0 Å². The lowest BCUT2D eigenvalue weighted by atomic mass is 10.1. The molecule has 0 aromatic heterocycles. The van der Waals surface area contributed by atoms with Crippen molar-refractivity contribution in [1.82, 2.24) is 5.43 Å². The van der Waals surface area contributed by atoms with Gasteiger partial charge in [-0.15, -0.1) is 0 Å². The van der Waals surface area contributed by atoms with E-state index in [0.717, 1.165) is 17.0 Å². The van der Waals surface area contributed by atoms with Gasteiger partial charge in [0, 0.05) is 10.6 Å². The van der Waals surface area contributed by atoms with E-state index in [4.69, 9.17) is 16.3 Å². The van der Waals surface area contributed by atoms with Crippen LogP contribution in [0.2, 0.25) is 5.02 Å². The second kappa shape index (κ2) is 11.0. The Hall–Kier alpha value is -4.04. The first-order chi connectivity index (χ1) is 15.9. The molecular formula is C24H19ClFN3O4. The molecule has 0 radical (unpaired) electrons. The van der Waals surface area contributed by atoms with Crippen molar-refractivity contribution in [3.8, 4) is 5.75 Å². The van der Waals surface area contributed by atoms with Gasteiger partial charge in [-0.1, -0.05) is 23.7 Å². The van der Waals surface area contributed by atoms with Crippen LogP contribution in [0.3, 0.4) is 0 Å². The van der Waals surface area contributed by atoms with Crippen molar-refractivity contribution in [2.45, 2.75) is 6.42 Å². The molecule has 0 aliphatic heterocycles. The standard InChI is InChI=1S/C24H19ClFN3O4/c1-33-21-12-10-20(11-13-21)29(24(32)17-4-8-19(26)9-5-17)23(31)14-22(30)28-27-15-16-2-6-18(25)7-3-16/h2-13,15H,14H2,1H3,(H,28,30)/b27-15-. The maximum Gasteiger partial charge on any atom is 0.265 e. The number of anilines is 1. The highest BCUT2D eigenvalue weighted by Crippen LogP contribution is 2.22. The predicted octanol–water partition coefficient (Wildman–Crippen LogP) is 4.20. The number of imide groups is 1. The van der Waals surface area contributed by atoms with Crippen LogP contribution in [0.5, 0.6) is 5.75 Å². The van der Waals surface area contributed by atoms with Crippen LogP contribution in [0.25, 0.3) is 0 Å². The van der Waals surface area contributed by atoms with Crippen LogP contribution < -0.4 is 15.1 Å². The number of hydrogen-bond donors (Lipinski definition) is 1. The maximum atomic E-state index is 13.3. The average molecular weight is 468 g/mol. The molecule has 0 bridgehead atoms. The summed E-state index contributed by atoms with van der Waals surface area (Å²) in [5, 5.41) is 4.37. The maximum absolute atomic E-state index is 13.3. The molecule has 0 atom stereocenters. The van der Waals surface area contributed by atoms with Crippen molar-refractivity contribution in [3.05, 3.63) is 94.8 Å². The summed E-state index contributed by atoms with van der Waals surface area (Å²) in [6.45, 7) is 0. The number of carbonyl (C=O) groups is 3. The number of carbonyl (C=O) groups excluding carboxylic acids is 3. The van der Waals surface area contributed by atoms with Crippen LogP contribution in [0.4, 0.5) is 10.1 Å². The summed E-state index contributed by atoms with van der Waals surface area (Å²) < 4.78 is 18.4. The zero-order valence-electron chi connectivity index (χ0n) is 17.5. The number of nitrogens with one attached hydrogen (secondary N) is 1. The molecule has 0 saturated heterocycles. The number of hydrogen-bond acceptors (Lipinski definition) is 5. The van der Waals surface area contributed by atoms with Gasteiger partial charge in [0.25, 0.3) is 5.91 Å². The third-order valence-corrected chi connectivity index (χ3v) is 4.71. The molecular weight excluding hydrogens is 449 g/mol. The van der Waals surface area contributed by atoms with E-state index in [0.29, 0.717) is 16.3 Å². The lowest BCUT2D eigenvalue weighted by Crippen LogP contribution is -2.39. The number of nitrogens with zero attached hydrogens (tertiary/aromatic N) is 2. The van der Waals surface area contributed by atoms with E-state index in [-0.39, 0.29) is 11.3 Å². The highest BCUT2D eigenvalue weighted by molar-refractivity contribution is 6.30. The number of halogens is 2. The Bertz CT molecular complexity index is 1160. The van der Waals surface area contributed by atoms with Crippen LogP contribution in [-0.4, -0.2) is 31.0 Å². The second-order valence-electron chi connectivity index (χ2n) is 6.76. The highest BCUT2D eigenvalue weighted by atomic mass is 35.5. The molecule has 1 N–H and O–H groups in total. The quantitative estimate of drug-likeness (QED) is 0.320. The second-order valence-corrected chi connectivity index (χ2v) is 7.20. The van der Waals surface area contributed by atoms with Gasteiger partial charge >= 0.3 is 0 Å². The summed E-state index contributed by atoms with van der Waals surface area (Å²) in [5.74, 6) is -2.20. The lowest BCUT2D eigenvalue weighted by Gasteiger charge is -2.21. The van der Waals surface area contributed by atoms with Crippen LogP contribution in [0.15, 0.2) is 77.9 Å². The fraction of sp³-hybridized carbons (Fsp3) is 0.0833. The zero-order valence-corrected chi connectivity index (χ0v) is 18.3. The summed E-state index contributed by atoms with van der Waals surface area (Å²) in [7, 11) is 1.48. The van der Waals surface area contributed by atoms with Gasteiger partial charge in [0.05, 0.1) is 19.0 Å². The van der Waals surface area contributed by atoms with Crippen molar-refractivity contribution < 1.29 is 23.5 Å². The topological polar surface area (TPSA) is 88.1 Å². The third-order valence-electron chi connectivity index (χ3n) is 4.46. The van der Waals surface area contributed by atoms with Gasteiger partial charge < -0.3 is 4.74 Å². The minimum atomic E-state index is -0.784. The largest absolute Gasteiger partial charge is 0.497 e. The molecule has 3 amide bonds. The average Bonchev–Trinajstić information content (AvgIpc) is 2.81. The number of ether oxygens (including phenoxy) is 1. The van der Waals surface area contributed by atoms with Crippen LogP contribution in [0.1, 0.15) is 22.3 Å². The molecule has 0 spiro atoms. The van der Waals surface area contributed by atoms with Crippen LogP contribution in [-0.2, 0) is 9.59 Å². The molecule has 0 aliphatic rings. The first-order valence-corrected chi connectivity index (χ1v) is 10.1. The molecule has 9 heteroatoms. The Morgan fingerprint density at radius 1 is 1.00 bits per heavy atom. The van der Waals surface area contributed by atoms with E-state index in [9.17, 15) is 18.8 Å². The van der Waals surface area contributed by atoms with Gasteiger partial charge in [-0.25, -0.2) is 14.7 Å². The number of benzene rings is 3. The summed E-state index contributed by atoms with van der Waals surface area (Å²) >= 11 is 5.82. The first-order valence-electron chi connectivity index (χ1n) is 9.72. The molecule has 168 valence electrons. The molecule has 3 aromatic rings. The van der Waals surface area contributed by atoms with Gasteiger partial charge in [0.2, 0.25) is 11.8 Å². The van der Waals surface area contributed by atoms with Gasteiger partial charge in [0.1, 0.15) is 18.0 Å². The Morgan fingerprint density at radius 2 is 1.64 bits per heavy atom. The van der Waals surface area contributed by atoms with E-state index in [2.05, 4.69) is 10.5 Å². The van der Waals surface area contributed by atoms with Crippen molar-refractivity contribution >= 4 is 41.2 Å². The minimum absolute atomic E-state index is 0.0849. The van der Waals surface area contributed by atoms with Gasteiger partial charge in [0.15, 0.2) is 0 Å². The fourth-order valence-corrected chi connectivity index (χ4v) is 2.94. The third kappa shape index (κ3) is 6.47. The summed E-state index contributed by atoms with van der Waals surface area (Å²) in [4.78, 5) is 39.1. The van der Waals surface area contributed by atoms with E-state index in [1.54, 1.807) is 36.4 Å². The Labute approximate surface area is 194 Å². The molecule has 3 aromatic carbocycles. The minimum Gasteiger partial charge on any atom is -0.497 e. The highest BCUT2D eigenvalue weighted by Gasteiger charge is 2.26. The molecule has 33 heavy (non-hydrogen) atoms. The zero-order chi connectivity index (χ0) is 23.8. The van der Waals surface area contributed by atoms with E-state index >= 15 is 0 Å². The van der Waals surface area contributed by atoms with Crippen LogP contribution in [0, 0.1) is 5.82 Å². The summed E-state index contributed by atoms with van der Waals surface area (Å²) in [5.41, 5.74) is 3.26. The summed E-state index contributed by atoms with van der Waals surface area (Å²) in [6, 6.07) is 17.7. The first kappa shape index (κ1) is 23.6. The van der Waals surface area contributed by atoms with Crippen molar-refractivity contribution in [3.63, 3.8) is 0 Å². The molecule has 7 nitrogen and oxygen atoms in total. The summed E-state index contributed by atoms with van der Waals surface area (Å²) in [6.07, 6.45) is 0.751. The fourth-order valence-electron chi connectivity index (χ4n) is 2.81. The van der Waals surface area contributed by atoms with Crippen molar-refractivity contribution in [2.24, 2.45) is 5.10 Å². The molecule has 0 saturated carbocycles. The van der Waals surface area contributed by atoms with Gasteiger partial charge in [-0.05, 0) is 66.2 Å². The lowest BCUT2D eigenvalue weighted by molar-refractivity contribution is -0.127. The van der Waals surface area contributed by atoms with Crippen molar-refractivity contribution in [1.29, 1.82) is 0 Å². The smallest absolute Gasteiger partial charge is 0.265 e.